The van der Waals surface area contributed by atoms with Crippen molar-refractivity contribution in [3.63, 3.8) is 0 Å². The van der Waals surface area contributed by atoms with Crippen LogP contribution in [0.5, 0.6) is 0 Å². The van der Waals surface area contributed by atoms with Crippen molar-refractivity contribution in [3.05, 3.63) is 70.2 Å². The van der Waals surface area contributed by atoms with Crippen LogP contribution < -0.4 is 0 Å². The lowest BCUT2D eigenvalue weighted by Gasteiger charge is -2.34. The van der Waals surface area contributed by atoms with Crippen LogP contribution in [0.4, 0.5) is 0 Å². The van der Waals surface area contributed by atoms with Crippen molar-refractivity contribution in [2.24, 2.45) is 0 Å². The maximum atomic E-state index is 12.5. The third kappa shape index (κ3) is 3.94. The summed E-state index contributed by atoms with van der Waals surface area (Å²) in [7, 11) is 0. The topological polar surface area (TPSA) is 47.3 Å². The number of amides is 1. The van der Waals surface area contributed by atoms with Crippen LogP contribution in [-0.4, -0.2) is 41.9 Å². The van der Waals surface area contributed by atoms with E-state index in [9.17, 15) is 4.79 Å². The SMILES string of the molecule is N#Cc1cccc(CN2CCN(C(=O)c3cccc(Cl)c3)CC2)c1. The largest absolute Gasteiger partial charge is 0.336 e. The van der Waals surface area contributed by atoms with E-state index in [1.807, 2.05) is 29.2 Å². The molecule has 0 N–H and O–H groups in total. The Bertz CT molecular complexity index is 776. The minimum absolute atomic E-state index is 0.0311. The van der Waals surface area contributed by atoms with Crippen molar-refractivity contribution >= 4 is 17.5 Å². The lowest BCUT2D eigenvalue weighted by atomic mass is 10.1. The fraction of sp³-hybridized carbons (Fsp3) is 0.263. The van der Waals surface area contributed by atoms with Gasteiger partial charge in [-0.05, 0) is 35.9 Å². The first-order valence-electron chi connectivity index (χ1n) is 7.92. The number of nitriles is 1. The first-order valence-corrected chi connectivity index (χ1v) is 8.30. The van der Waals surface area contributed by atoms with Crippen LogP contribution in [0.25, 0.3) is 0 Å². The van der Waals surface area contributed by atoms with Gasteiger partial charge in [-0.3, -0.25) is 9.69 Å². The predicted molar refractivity (Wildman–Crippen MR) is 93.8 cm³/mol. The molecular weight excluding hydrogens is 322 g/mol. The van der Waals surface area contributed by atoms with Crippen molar-refractivity contribution in [2.45, 2.75) is 6.54 Å². The summed E-state index contributed by atoms with van der Waals surface area (Å²) in [4.78, 5) is 16.7. The maximum Gasteiger partial charge on any atom is 0.253 e. The predicted octanol–water partition coefficient (Wildman–Crippen LogP) is 3.17. The van der Waals surface area contributed by atoms with E-state index in [0.717, 1.165) is 25.2 Å². The number of rotatable bonds is 3. The molecule has 24 heavy (non-hydrogen) atoms. The van der Waals surface area contributed by atoms with Crippen LogP contribution in [0, 0.1) is 11.3 Å². The number of hydrogen-bond donors (Lipinski definition) is 0. The number of hydrogen-bond acceptors (Lipinski definition) is 3. The number of carbonyl (C=O) groups excluding carboxylic acids is 1. The molecule has 0 aliphatic carbocycles. The molecule has 1 amide bonds. The normalized spacial score (nSPS) is 15.1. The van der Waals surface area contributed by atoms with Crippen molar-refractivity contribution < 1.29 is 4.79 Å². The highest BCUT2D eigenvalue weighted by molar-refractivity contribution is 6.30. The zero-order chi connectivity index (χ0) is 16.9. The second-order valence-corrected chi connectivity index (χ2v) is 6.33. The number of piperazine rings is 1. The summed E-state index contributed by atoms with van der Waals surface area (Å²) in [6, 6.07) is 16.9. The Hall–Kier alpha value is -2.35. The molecule has 2 aromatic carbocycles. The summed E-state index contributed by atoms with van der Waals surface area (Å²) in [5.74, 6) is 0.0311. The molecule has 5 heteroatoms. The fourth-order valence-electron chi connectivity index (χ4n) is 2.91. The van der Waals surface area contributed by atoms with E-state index in [4.69, 9.17) is 16.9 Å². The second-order valence-electron chi connectivity index (χ2n) is 5.89. The summed E-state index contributed by atoms with van der Waals surface area (Å²) in [5.41, 5.74) is 2.45. The van der Waals surface area contributed by atoms with Gasteiger partial charge in [0.2, 0.25) is 0 Å². The molecule has 0 unspecified atom stereocenters. The van der Waals surface area contributed by atoms with Gasteiger partial charge >= 0.3 is 0 Å². The molecule has 0 bridgehead atoms. The number of carbonyl (C=O) groups is 1. The van der Waals surface area contributed by atoms with E-state index in [2.05, 4.69) is 11.0 Å². The highest BCUT2D eigenvalue weighted by atomic mass is 35.5. The standard InChI is InChI=1S/C19H18ClN3O/c20-18-6-2-5-17(12-18)19(24)23-9-7-22(8-10-23)14-16-4-1-3-15(11-16)13-21/h1-6,11-12H,7-10,14H2. The molecule has 2 aromatic rings. The number of halogens is 1. The summed E-state index contributed by atoms with van der Waals surface area (Å²) in [5, 5.41) is 9.55. The smallest absolute Gasteiger partial charge is 0.253 e. The van der Waals surface area contributed by atoms with E-state index in [-0.39, 0.29) is 5.91 Å². The minimum Gasteiger partial charge on any atom is -0.336 e. The monoisotopic (exact) mass is 339 g/mol. The summed E-state index contributed by atoms with van der Waals surface area (Å²) < 4.78 is 0. The third-order valence-corrected chi connectivity index (χ3v) is 4.43. The Morgan fingerprint density at radius 2 is 1.83 bits per heavy atom. The summed E-state index contributed by atoms with van der Waals surface area (Å²) >= 11 is 5.96. The van der Waals surface area contributed by atoms with Crippen molar-refractivity contribution in [2.75, 3.05) is 26.2 Å². The molecule has 122 valence electrons. The molecule has 1 saturated heterocycles. The van der Waals surface area contributed by atoms with Crippen LogP contribution in [-0.2, 0) is 6.54 Å². The van der Waals surface area contributed by atoms with Gasteiger partial charge in [-0.25, -0.2) is 0 Å². The van der Waals surface area contributed by atoms with Crippen LogP contribution in [0.15, 0.2) is 48.5 Å². The average molecular weight is 340 g/mol. The van der Waals surface area contributed by atoms with Gasteiger partial charge in [-0.1, -0.05) is 29.8 Å². The Balaban J connectivity index is 1.57. The molecule has 4 nitrogen and oxygen atoms in total. The second kappa shape index (κ2) is 7.48. The van der Waals surface area contributed by atoms with Gasteiger partial charge in [0.1, 0.15) is 0 Å². The molecule has 0 saturated carbocycles. The molecule has 1 aliphatic rings. The molecule has 0 aromatic heterocycles. The van der Waals surface area contributed by atoms with E-state index >= 15 is 0 Å². The van der Waals surface area contributed by atoms with Gasteiger partial charge < -0.3 is 4.90 Å². The van der Waals surface area contributed by atoms with Crippen molar-refractivity contribution in [1.29, 1.82) is 5.26 Å². The average Bonchev–Trinajstić information content (AvgIpc) is 2.62. The van der Waals surface area contributed by atoms with Gasteiger partial charge in [0.15, 0.2) is 0 Å². The Labute approximate surface area is 146 Å². The first-order chi connectivity index (χ1) is 11.7. The zero-order valence-electron chi connectivity index (χ0n) is 13.3. The van der Waals surface area contributed by atoms with Gasteiger partial charge in [-0.2, -0.15) is 5.26 Å². The molecule has 3 rings (SSSR count). The van der Waals surface area contributed by atoms with Gasteiger partial charge in [0, 0.05) is 43.3 Å². The summed E-state index contributed by atoms with van der Waals surface area (Å²) in [6.45, 7) is 3.84. The van der Waals surface area contributed by atoms with Crippen molar-refractivity contribution in [1.82, 2.24) is 9.80 Å². The lowest BCUT2D eigenvalue weighted by molar-refractivity contribution is 0.0628. The lowest BCUT2D eigenvalue weighted by Crippen LogP contribution is -2.48. The number of nitrogens with zero attached hydrogens (tertiary/aromatic N) is 3. The van der Waals surface area contributed by atoms with Gasteiger partial charge in [0.05, 0.1) is 11.6 Å². The van der Waals surface area contributed by atoms with E-state index in [0.29, 0.717) is 29.2 Å². The quantitative estimate of drug-likeness (QED) is 0.863. The maximum absolute atomic E-state index is 12.5. The van der Waals surface area contributed by atoms with Crippen molar-refractivity contribution in [3.8, 4) is 6.07 Å². The molecule has 0 atom stereocenters. The Morgan fingerprint density at radius 3 is 2.54 bits per heavy atom. The Kier molecular flexibility index (Phi) is 5.14. The van der Waals surface area contributed by atoms with E-state index < -0.39 is 0 Å². The molecule has 1 heterocycles. The molecule has 1 fully saturated rings. The Morgan fingerprint density at radius 1 is 1.08 bits per heavy atom. The van der Waals surface area contributed by atoms with E-state index in [1.54, 1.807) is 24.3 Å². The van der Waals surface area contributed by atoms with Crippen LogP contribution >= 0.6 is 11.6 Å². The minimum atomic E-state index is 0.0311. The molecular formula is C19H18ClN3O. The summed E-state index contributed by atoms with van der Waals surface area (Å²) in [6.07, 6.45) is 0. The highest BCUT2D eigenvalue weighted by Gasteiger charge is 2.22. The molecule has 0 radical (unpaired) electrons. The van der Waals surface area contributed by atoms with Crippen LogP contribution in [0.2, 0.25) is 5.02 Å². The highest BCUT2D eigenvalue weighted by Crippen LogP contribution is 2.15. The molecule has 0 spiro atoms. The van der Waals surface area contributed by atoms with Crippen LogP contribution in [0.1, 0.15) is 21.5 Å². The van der Waals surface area contributed by atoms with Gasteiger partial charge in [0.25, 0.3) is 5.91 Å². The van der Waals surface area contributed by atoms with Gasteiger partial charge in [-0.15, -0.1) is 0 Å². The fourth-order valence-corrected chi connectivity index (χ4v) is 3.10. The van der Waals surface area contributed by atoms with Crippen LogP contribution in [0.3, 0.4) is 0 Å². The third-order valence-electron chi connectivity index (χ3n) is 4.19. The zero-order valence-corrected chi connectivity index (χ0v) is 14.0. The van der Waals surface area contributed by atoms with E-state index in [1.165, 1.54) is 0 Å². The number of benzene rings is 2. The first kappa shape index (κ1) is 16.5. The molecule has 1 aliphatic heterocycles.